The maximum atomic E-state index is 13.3. The maximum absolute atomic E-state index is 13.3. The summed E-state index contributed by atoms with van der Waals surface area (Å²) in [5.41, 5.74) is 0.963. The molecule has 0 unspecified atom stereocenters. The minimum absolute atomic E-state index is 0.156. The zero-order valence-corrected chi connectivity index (χ0v) is 14.4. The molecule has 1 N–H and O–H groups in total. The number of hydrogen-bond acceptors (Lipinski definition) is 4. The Labute approximate surface area is 153 Å². The molecule has 0 radical (unpaired) electrons. The van der Waals surface area contributed by atoms with Gasteiger partial charge < -0.3 is 5.11 Å². The van der Waals surface area contributed by atoms with Crippen LogP contribution in [0.15, 0.2) is 59.5 Å². The highest BCUT2D eigenvalue weighted by molar-refractivity contribution is 8.26. The minimum atomic E-state index is -1.20. The third kappa shape index (κ3) is 3.62. The van der Waals surface area contributed by atoms with Crippen molar-refractivity contribution in [2.24, 2.45) is 0 Å². The molecule has 7 heteroatoms. The summed E-state index contributed by atoms with van der Waals surface area (Å²) in [6, 6.07) is 13.0. The fourth-order valence-corrected chi connectivity index (χ4v) is 3.80. The topological polar surface area (TPSA) is 57.6 Å². The smallest absolute Gasteiger partial charge is 0.331 e. The number of nitrogens with zero attached hydrogens (tertiary/aromatic N) is 1. The van der Waals surface area contributed by atoms with Crippen molar-refractivity contribution >= 4 is 46.3 Å². The number of rotatable bonds is 4. The number of amides is 1. The lowest BCUT2D eigenvalue weighted by atomic mass is 10.1. The Balaban J connectivity index is 1.96. The van der Waals surface area contributed by atoms with Crippen LogP contribution < -0.4 is 0 Å². The number of thiocarbonyl (C=S) groups is 1. The molecule has 1 aliphatic heterocycles. The zero-order valence-electron chi connectivity index (χ0n) is 12.8. The van der Waals surface area contributed by atoms with Gasteiger partial charge in [0.05, 0.1) is 4.91 Å². The predicted molar refractivity (Wildman–Crippen MR) is 98.2 cm³/mol. The normalized spacial score (nSPS) is 17.2. The van der Waals surface area contributed by atoms with Crippen LogP contribution >= 0.6 is 24.0 Å². The Morgan fingerprint density at radius 1 is 1.20 bits per heavy atom. The molecule has 2 aromatic carbocycles. The van der Waals surface area contributed by atoms with Gasteiger partial charge >= 0.3 is 5.97 Å². The van der Waals surface area contributed by atoms with Gasteiger partial charge in [-0.1, -0.05) is 66.4 Å². The van der Waals surface area contributed by atoms with Crippen LogP contribution in [0.25, 0.3) is 6.08 Å². The van der Waals surface area contributed by atoms with Crippen molar-refractivity contribution in [1.82, 2.24) is 4.90 Å². The molecule has 0 aliphatic carbocycles. The molecule has 1 atom stereocenters. The molecule has 1 heterocycles. The van der Waals surface area contributed by atoms with Crippen molar-refractivity contribution in [2.75, 3.05) is 0 Å². The largest absolute Gasteiger partial charge is 0.479 e. The number of aliphatic carboxylic acids is 1. The highest BCUT2D eigenvalue weighted by Crippen LogP contribution is 2.38. The lowest BCUT2D eigenvalue weighted by Crippen LogP contribution is -2.37. The molecule has 0 spiro atoms. The second-order valence-electron chi connectivity index (χ2n) is 5.26. The molecule has 0 saturated carbocycles. The van der Waals surface area contributed by atoms with E-state index in [1.54, 1.807) is 36.4 Å². The van der Waals surface area contributed by atoms with Crippen LogP contribution in [0.4, 0.5) is 4.39 Å². The van der Waals surface area contributed by atoms with Gasteiger partial charge in [0.25, 0.3) is 5.91 Å². The minimum Gasteiger partial charge on any atom is -0.479 e. The Kier molecular flexibility index (Phi) is 4.96. The van der Waals surface area contributed by atoms with E-state index in [1.165, 1.54) is 24.3 Å². The Morgan fingerprint density at radius 3 is 2.56 bits per heavy atom. The van der Waals surface area contributed by atoms with E-state index < -0.39 is 23.7 Å². The summed E-state index contributed by atoms with van der Waals surface area (Å²) in [4.78, 5) is 25.8. The molecule has 1 aliphatic rings. The first kappa shape index (κ1) is 17.3. The van der Waals surface area contributed by atoms with Gasteiger partial charge in [0.15, 0.2) is 6.04 Å². The molecule has 3 rings (SSSR count). The van der Waals surface area contributed by atoms with Crippen LogP contribution in [0.5, 0.6) is 0 Å². The summed E-state index contributed by atoms with van der Waals surface area (Å²) in [5, 5.41) is 9.60. The van der Waals surface area contributed by atoms with Gasteiger partial charge in [0.1, 0.15) is 10.1 Å². The van der Waals surface area contributed by atoms with Crippen molar-refractivity contribution in [1.29, 1.82) is 0 Å². The second kappa shape index (κ2) is 7.16. The van der Waals surface area contributed by atoms with Crippen LogP contribution in [0, 0.1) is 5.82 Å². The first-order chi connectivity index (χ1) is 12.0. The summed E-state index contributed by atoms with van der Waals surface area (Å²) in [5.74, 6) is -2.10. The van der Waals surface area contributed by atoms with Crippen LogP contribution in [0.3, 0.4) is 0 Å². The number of hydrogen-bond donors (Lipinski definition) is 1. The SMILES string of the molecule is O=C(O)[C@@H](c1ccccc1)N1C(=O)/C(=C\c2cccc(F)c2)SC1=S. The second-order valence-corrected chi connectivity index (χ2v) is 6.93. The van der Waals surface area contributed by atoms with Crippen molar-refractivity contribution in [3.05, 3.63) is 76.4 Å². The van der Waals surface area contributed by atoms with Gasteiger partial charge in [-0.05, 0) is 29.3 Å². The number of benzene rings is 2. The molecule has 1 saturated heterocycles. The third-order valence-electron chi connectivity index (χ3n) is 3.58. The fourth-order valence-electron chi connectivity index (χ4n) is 2.49. The Hall–Kier alpha value is -2.51. The summed E-state index contributed by atoms with van der Waals surface area (Å²) < 4.78 is 13.5. The highest BCUT2D eigenvalue weighted by Gasteiger charge is 2.41. The number of carboxylic acid groups (broad SMARTS) is 1. The first-order valence-electron chi connectivity index (χ1n) is 7.28. The van der Waals surface area contributed by atoms with Crippen molar-refractivity contribution in [2.45, 2.75) is 6.04 Å². The van der Waals surface area contributed by atoms with Crippen LogP contribution in [0.2, 0.25) is 0 Å². The van der Waals surface area contributed by atoms with Gasteiger partial charge in [0, 0.05) is 0 Å². The Morgan fingerprint density at radius 2 is 1.92 bits per heavy atom. The van der Waals surface area contributed by atoms with Crippen LogP contribution in [0.1, 0.15) is 17.2 Å². The summed E-state index contributed by atoms with van der Waals surface area (Å²) in [6.07, 6.45) is 1.51. The molecular formula is C18H12FNO3S2. The standard InChI is InChI=1S/C18H12FNO3S2/c19-13-8-4-5-11(9-13)10-14-16(21)20(18(24)25-14)15(17(22)23)12-6-2-1-3-7-12/h1-10,15H,(H,22,23)/b14-10+/t15-/m1/s1. The van der Waals surface area contributed by atoms with E-state index in [1.807, 2.05) is 0 Å². The fraction of sp³-hybridized carbons (Fsp3) is 0.0556. The molecule has 0 aromatic heterocycles. The molecule has 25 heavy (non-hydrogen) atoms. The lowest BCUT2D eigenvalue weighted by molar-refractivity contribution is -0.145. The van der Waals surface area contributed by atoms with E-state index in [0.717, 1.165) is 16.7 Å². The molecule has 4 nitrogen and oxygen atoms in total. The monoisotopic (exact) mass is 373 g/mol. The predicted octanol–water partition coefficient (Wildman–Crippen LogP) is 3.85. The molecule has 0 bridgehead atoms. The van der Waals surface area contributed by atoms with Gasteiger partial charge in [-0.15, -0.1) is 0 Å². The molecular weight excluding hydrogens is 361 g/mol. The molecule has 126 valence electrons. The quantitative estimate of drug-likeness (QED) is 0.652. The van der Waals surface area contributed by atoms with Crippen LogP contribution in [-0.4, -0.2) is 26.2 Å². The first-order valence-corrected chi connectivity index (χ1v) is 8.50. The number of carbonyl (C=O) groups excluding carboxylic acids is 1. The average Bonchev–Trinajstić information content (AvgIpc) is 2.84. The zero-order chi connectivity index (χ0) is 18.0. The van der Waals surface area contributed by atoms with Gasteiger partial charge in [0.2, 0.25) is 0 Å². The van der Waals surface area contributed by atoms with Gasteiger partial charge in [-0.2, -0.15) is 0 Å². The van der Waals surface area contributed by atoms with Crippen molar-refractivity contribution in [3.8, 4) is 0 Å². The molecule has 2 aromatic rings. The van der Waals surface area contributed by atoms with E-state index in [0.29, 0.717) is 11.1 Å². The molecule has 1 amide bonds. The highest BCUT2D eigenvalue weighted by atomic mass is 32.2. The summed E-state index contributed by atoms with van der Waals surface area (Å²) in [6.45, 7) is 0. The lowest BCUT2D eigenvalue weighted by Gasteiger charge is -2.23. The van der Waals surface area contributed by atoms with Crippen molar-refractivity contribution < 1.29 is 19.1 Å². The van der Waals surface area contributed by atoms with E-state index in [-0.39, 0.29) is 9.23 Å². The maximum Gasteiger partial charge on any atom is 0.331 e. The van der Waals surface area contributed by atoms with Gasteiger partial charge in [-0.3, -0.25) is 9.69 Å². The summed E-state index contributed by atoms with van der Waals surface area (Å²) in [7, 11) is 0. The Bertz CT molecular complexity index is 883. The number of halogens is 1. The van der Waals surface area contributed by atoms with E-state index >= 15 is 0 Å². The number of carboxylic acids is 1. The third-order valence-corrected chi connectivity index (χ3v) is 4.91. The van der Waals surface area contributed by atoms with Crippen molar-refractivity contribution in [3.63, 3.8) is 0 Å². The summed E-state index contributed by atoms with van der Waals surface area (Å²) >= 11 is 6.23. The van der Waals surface area contributed by atoms with Gasteiger partial charge in [-0.25, -0.2) is 9.18 Å². The molecule has 1 fully saturated rings. The number of thioether (sulfide) groups is 1. The van der Waals surface area contributed by atoms with E-state index in [9.17, 15) is 19.1 Å². The van der Waals surface area contributed by atoms with Crippen LogP contribution in [-0.2, 0) is 9.59 Å². The van der Waals surface area contributed by atoms with E-state index in [4.69, 9.17) is 12.2 Å². The average molecular weight is 373 g/mol. The number of carbonyl (C=O) groups is 2. The van der Waals surface area contributed by atoms with E-state index in [2.05, 4.69) is 0 Å².